The smallest absolute Gasteiger partial charge is 0.267 e. The Morgan fingerprint density at radius 1 is 1.20 bits per heavy atom. The molecule has 156 valence electrons. The van der Waals surface area contributed by atoms with Crippen LogP contribution in [-0.2, 0) is 4.79 Å². The van der Waals surface area contributed by atoms with Crippen LogP contribution in [0, 0.1) is 0 Å². The van der Waals surface area contributed by atoms with Gasteiger partial charge in [0, 0.05) is 18.3 Å². The zero-order chi connectivity index (χ0) is 21.7. The van der Waals surface area contributed by atoms with Gasteiger partial charge in [0.25, 0.3) is 5.91 Å². The summed E-state index contributed by atoms with van der Waals surface area (Å²) in [5, 5.41) is 0.746. The van der Waals surface area contributed by atoms with Crippen molar-refractivity contribution in [2.75, 3.05) is 27.9 Å². The van der Waals surface area contributed by atoms with E-state index in [2.05, 4.69) is 16.6 Å². The van der Waals surface area contributed by atoms with Gasteiger partial charge in [0.1, 0.15) is 5.69 Å². The molecule has 0 radical (unpaired) electrons. The first kappa shape index (κ1) is 21.7. The van der Waals surface area contributed by atoms with Crippen LogP contribution in [0.5, 0.6) is 17.2 Å². The lowest BCUT2D eigenvalue weighted by molar-refractivity contribution is -0.121. The van der Waals surface area contributed by atoms with E-state index < -0.39 is 0 Å². The van der Waals surface area contributed by atoms with Gasteiger partial charge in [0.05, 0.1) is 26.2 Å². The van der Waals surface area contributed by atoms with Crippen LogP contribution in [0.1, 0.15) is 5.56 Å². The molecule has 2 heterocycles. The van der Waals surface area contributed by atoms with Crippen molar-refractivity contribution >= 4 is 46.2 Å². The van der Waals surface area contributed by atoms with E-state index >= 15 is 0 Å². The Morgan fingerprint density at radius 2 is 1.97 bits per heavy atom. The normalized spacial score (nSPS) is 16.3. The van der Waals surface area contributed by atoms with Crippen LogP contribution in [0.3, 0.4) is 0 Å². The molecule has 1 aliphatic rings. The fourth-order valence-electron chi connectivity index (χ4n) is 2.82. The van der Waals surface area contributed by atoms with Gasteiger partial charge in [-0.15, -0.1) is 6.58 Å². The maximum Gasteiger partial charge on any atom is 0.267 e. The molecule has 1 aromatic heterocycles. The van der Waals surface area contributed by atoms with E-state index in [9.17, 15) is 4.79 Å². The molecule has 0 bridgehead atoms. The minimum Gasteiger partial charge on any atom is -0.493 e. The van der Waals surface area contributed by atoms with E-state index in [0.29, 0.717) is 45.1 Å². The predicted octanol–water partition coefficient (Wildman–Crippen LogP) is 4.55. The molecular weight excluding hydrogens is 426 g/mol. The molecule has 0 unspecified atom stereocenters. The van der Waals surface area contributed by atoms with E-state index in [1.165, 1.54) is 30.9 Å². The SMILES string of the molecule is C=CCN1C(=O)/C(=C/c2ccc(OC)c(OC)c2OC)SC1=Nc1cccnc1Cl. The molecule has 1 saturated heterocycles. The van der Waals surface area contributed by atoms with Gasteiger partial charge < -0.3 is 14.2 Å². The van der Waals surface area contributed by atoms with Gasteiger partial charge in [-0.05, 0) is 42.1 Å². The summed E-state index contributed by atoms with van der Waals surface area (Å²) >= 11 is 7.36. The molecule has 1 aliphatic heterocycles. The quantitative estimate of drug-likeness (QED) is 0.353. The number of amidine groups is 1. The van der Waals surface area contributed by atoms with Gasteiger partial charge in [-0.1, -0.05) is 17.7 Å². The van der Waals surface area contributed by atoms with E-state index in [-0.39, 0.29) is 11.1 Å². The van der Waals surface area contributed by atoms with Crippen molar-refractivity contribution in [1.82, 2.24) is 9.88 Å². The predicted molar refractivity (Wildman–Crippen MR) is 120 cm³/mol. The number of rotatable bonds is 7. The van der Waals surface area contributed by atoms with E-state index in [1.807, 2.05) is 0 Å². The number of methoxy groups -OCH3 is 3. The maximum atomic E-state index is 13.0. The number of hydrogen-bond acceptors (Lipinski definition) is 7. The highest BCUT2D eigenvalue weighted by Gasteiger charge is 2.33. The van der Waals surface area contributed by atoms with Crippen LogP contribution in [0.2, 0.25) is 5.15 Å². The highest BCUT2D eigenvalue weighted by Crippen LogP contribution is 2.42. The molecule has 0 N–H and O–H groups in total. The number of aliphatic imine (C=N–C) groups is 1. The number of nitrogens with zero attached hydrogens (tertiary/aromatic N) is 3. The van der Waals surface area contributed by atoms with Crippen LogP contribution in [0.25, 0.3) is 6.08 Å². The fraction of sp³-hybridized carbons (Fsp3) is 0.190. The highest BCUT2D eigenvalue weighted by atomic mass is 35.5. The van der Waals surface area contributed by atoms with Crippen LogP contribution >= 0.6 is 23.4 Å². The number of thioether (sulfide) groups is 1. The van der Waals surface area contributed by atoms with Crippen LogP contribution in [0.15, 0.2) is 53.0 Å². The third kappa shape index (κ3) is 4.29. The molecule has 0 saturated carbocycles. The van der Waals surface area contributed by atoms with E-state index in [4.69, 9.17) is 25.8 Å². The van der Waals surface area contributed by atoms with Crippen molar-refractivity contribution in [2.45, 2.75) is 0 Å². The lowest BCUT2D eigenvalue weighted by Crippen LogP contribution is -2.29. The Hall–Kier alpha value is -2.97. The number of pyridine rings is 1. The zero-order valence-corrected chi connectivity index (χ0v) is 18.3. The number of ether oxygens (including phenoxy) is 3. The summed E-state index contributed by atoms with van der Waals surface area (Å²) in [6.45, 7) is 4.04. The summed E-state index contributed by atoms with van der Waals surface area (Å²) in [5.41, 5.74) is 1.15. The minimum absolute atomic E-state index is 0.199. The summed E-state index contributed by atoms with van der Waals surface area (Å²) in [6.07, 6.45) is 4.95. The first-order chi connectivity index (χ1) is 14.5. The third-order valence-corrected chi connectivity index (χ3v) is 5.47. The van der Waals surface area contributed by atoms with E-state index in [0.717, 1.165) is 0 Å². The molecular formula is C21H20ClN3O4S. The Labute approximate surface area is 184 Å². The summed E-state index contributed by atoms with van der Waals surface area (Å²) in [6, 6.07) is 7.02. The Morgan fingerprint density at radius 3 is 2.60 bits per heavy atom. The lowest BCUT2D eigenvalue weighted by atomic mass is 10.1. The first-order valence-corrected chi connectivity index (χ1v) is 10.0. The fourth-order valence-corrected chi connectivity index (χ4v) is 3.98. The Balaban J connectivity index is 2.05. The van der Waals surface area contributed by atoms with Crippen LogP contribution in [0.4, 0.5) is 5.69 Å². The van der Waals surface area contributed by atoms with Crippen molar-refractivity contribution in [3.8, 4) is 17.2 Å². The van der Waals surface area contributed by atoms with Crippen molar-refractivity contribution in [2.24, 2.45) is 4.99 Å². The molecule has 0 spiro atoms. The number of amides is 1. The van der Waals surface area contributed by atoms with Crippen molar-refractivity contribution in [1.29, 1.82) is 0 Å². The van der Waals surface area contributed by atoms with Gasteiger partial charge in [-0.3, -0.25) is 9.69 Å². The highest BCUT2D eigenvalue weighted by molar-refractivity contribution is 8.18. The standard InChI is InChI=1S/C21H20ClN3O4S/c1-5-11-25-20(26)16(30-21(25)24-14-7-6-10-23-19(14)22)12-13-8-9-15(27-2)18(29-4)17(13)28-3/h5-10,12H,1,11H2,2-4H3/b16-12-,24-21?. The van der Waals surface area contributed by atoms with Gasteiger partial charge in [-0.25, -0.2) is 9.98 Å². The van der Waals surface area contributed by atoms with Gasteiger partial charge in [0.15, 0.2) is 21.8 Å². The monoisotopic (exact) mass is 445 g/mol. The molecule has 0 aliphatic carbocycles. The maximum absolute atomic E-state index is 13.0. The summed E-state index contributed by atoms with van der Waals surface area (Å²) in [7, 11) is 4.61. The molecule has 2 aromatic rings. The number of halogens is 1. The van der Waals surface area contributed by atoms with Crippen molar-refractivity contribution in [3.63, 3.8) is 0 Å². The molecule has 1 fully saturated rings. The largest absolute Gasteiger partial charge is 0.493 e. The van der Waals surface area contributed by atoms with Gasteiger partial charge in [0.2, 0.25) is 5.75 Å². The van der Waals surface area contributed by atoms with Crippen molar-refractivity contribution < 1.29 is 19.0 Å². The molecule has 30 heavy (non-hydrogen) atoms. The summed E-state index contributed by atoms with van der Waals surface area (Å²) in [5.74, 6) is 1.25. The molecule has 3 rings (SSSR count). The van der Waals surface area contributed by atoms with Gasteiger partial charge >= 0.3 is 0 Å². The van der Waals surface area contributed by atoms with Crippen molar-refractivity contribution in [3.05, 3.63) is 58.7 Å². The molecule has 0 atom stereocenters. The van der Waals surface area contributed by atoms with E-state index in [1.54, 1.807) is 49.7 Å². The summed E-state index contributed by atoms with van der Waals surface area (Å²) in [4.78, 5) is 23.6. The zero-order valence-electron chi connectivity index (χ0n) is 16.7. The van der Waals surface area contributed by atoms with Gasteiger partial charge in [-0.2, -0.15) is 0 Å². The van der Waals surface area contributed by atoms with Crippen LogP contribution in [-0.4, -0.2) is 48.8 Å². The molecule has 1 aromatic carbocycles. The first-order valence-electron chi connectivity index (χ1n) is 8.84. The summed E-state index contributed by atoms with van der Waals surface area (Å²) < 4.78 is 16.2. The number of hydrogen-bond donors (Lipinski definition) is 0. The number of benzene rings is 1. The minimum atomic E-state index is -0.199. The number of aromatic nitrogens is 1. The number of carbonyl (C=O) groups excluding carboxylic acids is 1. The molecule has 9 heteroatoms. The Kier molecular flexibility index (Phi) is 7.02. The second kappa shape index (κ2) is 9.69. The topological polar surface area (TPSA) is 73.2 Å². The Bertz CT molecular complexity index is 1040. The average Bonchev–Trinajstić information content (AvgIpc) is 3.04. The third-order valence-electron chi connectivity index (χ3n) is 4.18. The second-order valence-electron chi connectivity index (χ2n) is 5.95. The second-order valence-corrected chi connectivity index (χ2v) is 7.31. The average molecular weight is 446 g/mol. The molecule has 1 amide bonds. The van der Waals surface area contributed by atoms with Crippen LogP contribution < -0.4 is 14.2 Å². The lowest BCUT2D eigenvalue weighted by Gasteiger charge is -2.14. The number of carbonyl (C=O) groups is 1. The molecule has 7 nitrogen and oxygen atoms in total.